The molecule has 0 aliphatic carbocycles. The van der Waals surface area contributed by atoms with E-state index in [-0.39, 0.29) is 5.91 Å². The topological polar surface area (TPSA) is 75.6 Å². The van der Waals surface area contributed by atoms with Gasteiger partial charge in [0.25, 0.3) is 0 Å². The maximum atomic E-state index is 11.8. The molecular weight excluding hydrogens is 270 g/mol. The van der Waals surface area contributed by atoms with Crippen LogP contribution in [0.2, 0.25) is 0 Å². The minimum atomic E-state index is -1.00. The zero-order valence-corrected chi connectivity index (χ0v) is 12.4. The van der Waals surface area contributed by atoms with Crippen molar-refractivity contribution in [1.82, 2.24) is 0 Å². The molecule has 1 amide bonds. The van der Waals surface area contributed by atoms with E-state index in [2.05, 4.69) is 5.32 Å². The van der Waals surface area contributed by atoms with Gasteiger partial charge in [-0.05, 0) is 49.6 Å². The normalized spacial score (nSPS) is 10.8. The van der Waals surface area contributed by atoms with E-state index in [4.69, 9.17) is 9.84 Å². The highest BCUT2D eigenvalue weighted by atomic mass is 16.5. The van der Waals surface area contributed by atoms with Gasteiger partial charge in [-0.2, -0.15) is 0 Å². The number of hydrogen-bond donors (Lipinski definition) is 2. The number of amides is 1. The smallest absolute Gasteiger partial charge is 0.328 e. The number of carboxylic acids is 1. The third-order valence-corrected chi connectivity index (χ3v) is 2.70. The highest BCUT2D eigenvalue weighted by molar-refractivity contribution is 5.91. The van der Waals surface area contributed by atoms with E-state index in [1.165, 1.54) is 6.08 Å². The van der Waals surface area contributed by atoms with Gasteiger partial charge in [-0.15, -0.1) is 0 Å². The fourth-order valence-electron chi connectivity index (χ4n) is 1.85. The van der Waals surface area contributed by atoms with E-state index in [0.717, 1.165) is 17.2 Å². The van der Waals surface area contributed by atoms with Gasteiger partial charge >= 0.3 is 5.97 Å². The molecule has 1 rings (SSSR count). The molecule has 0 aliphatic heterocycles. The molecule has 0 heterocycles. The second kappa shape index (κ2) is 8.92. The fraction of sp³-hybridized carbons (Fsp3) is 0.375. The highest BCUT2D eigenvalue weighted by Gasteiger charge is 2.04. The Morgan fingerprint density at radius 1 is 1.33 bits per heavy atom. The number of carbonyl (C=O) groups is 2. The summed E-state index contributed by atoms with van der Waals surface area (Å²) in [5.74, 6) is -1.08. The van der Waals surface area contributed by atoms with E-state index in [1.54, 1.807) is 6.07 Å². The molecule has 1 aromatic carbocycles. The third kappa shape index (κ3) is 7.27. The van der Waals surface area contributed by atoms with Crippen molar-refractivity contribution in [2.45, 2.75) is 26.7 Å². The summed E-state index contributed by atoms with van der Waals surface area (Å²) >= 11 is 0. The Morgan fingerprint density at radius 3 is 2.76 bits per heavy atom. The molecule has 0 atom stereocenters. The number of benzene rings is 1. The van der Waals surface area contributed by atoms with Crippen molar-refractivity contribution in [3.8, 4) is 0 Å². The van der Waals surface area contributed by atoms with Crippen LogP contribution >= 0.6 is 0 Å². The number of anilines is 1. The Morgan fingerprint density at radius 2 is 2.10 bits per heavy atom. The lowest BCUT2D eigenvalue weighted by Gasteiger charge is -2.08. The number of rotatable bonds is 8. The first kappa shape index (κ1) is 16.9. The number of carbonyl (C=O) groups excluding carboxylic acids is 1. The monoisotopic (exact) mass is 291 g/mol. The minimum absolute atomic E-state index is 0.0755. The Labute approximate surface area is 124 Å². The first-order chi connectivity index (χ1) is 10.0. The molecule has 5 nitrogen and oxygen atoms in total. The molecule has 5 heteroatoms. The van der Waals surface area contributed by atoms with Crippen LogP contribution < -0.4 is 5.32 Å². The van der Waals surface area contributed by atoms with Gasteiger partial charge in [0.2, 0.25) is 5.91 Å². The first-order valence-corrected chi connectivity index (χ1v) is 6.91. The Bertz CT molecular complexity index is 523. The van der Waals surface area contributed by atoms with Gasteiger partial charge in [-0.25, -0.2) is 4.79 Å². The fourth-order valence-corrected chi connectivity index (χ4v) is 1.85. The maximum Gasteiger partial charge on any atom is 0.328 e. The summed E-state index contributed by atoms with van der Waals surface area (Å²) in [6, 6.07) is 5.44. The van der Waals surface area contributed by atoms with Gasteiger partial charge in [0, 0.05) is 31.4 Å². The van der Waals surface area contributed by atoms with E-state index < -0.39 is 5.97 Å². The van der Waals surface area contributed by atoms with Crippen molar-refractivity contribution < 1.29 is 19.4 Å². The van der Waals surface area contributed by atoms with Crippen LogP contribution in [-0.4, -0.2) is 30.2 Å². The number of nitrogens with one attached hydrogen (secondary N) is 1. The molecule has 0 spiro atoms. The summed E-state index contributed by atoms with van der Waals surface area (Å²) in [6.45, 7) is 5.03. The summed E-state index contributed by atoms with van der Waals surface area (Å²) in [5.41, 5.74) is 2.36. The Balaban J connectivity index is 2.62. The molecule has 0 bridgehead atoms. The largest absolute Gasteiger partial charge is 0.478 e. The van der Waals surface area contributed by atoms with Crippen molar-refractivity contribution in [2.75, 3.05) is 18.5 Å². The molecule has 1 aromatic rings. The van der Waals surface area contributed by atoms with Gasteiger partial charge < -0.3 is 15.2 Å². The quantitative estimate of drug-likeness (QED) is 0.570. The zero-order chi connectivity index (χ0) is 15.7. The lowest BCUT2D eigenvalue weighted by atomic mass is 10.1. The molecule has 2 N–H and O–H groups in total. The van der Waals surface area contributed by atoms with Crippen LogP contribution in [0.3, 0.4) is 0 Å². The van der Waals surface area contributed by atoms with E-state index in [0.29, 0.717) is 31.7 Å². The Hall–Kier alpha value is -2.14. The average molecular weight is 291 g/mol. The van der Waals surface area contributed by atoms with E-state index >= 15 is 0 Å². The second-order valence-corrected chi connectivity index (χ2v) is 4.65. The molecule has 21 heavy (non-hydrogen) atoms. The molecule has 0 aromatic heterocycles. The molecular formula is C16H21NO4. The minimum Gasteiger partial charge on any atom is -0.478 e. The van der Waals surface area contributed by atoms with Crippen molar-refractivity contribution in [3.05, 3.63) is 35.4 Å². The molecule has 0 saturated heterocycles. The average Bonchev–Trinajstić information content (AvgIpc) is 2.41. The van der Waals surface area contributed by atoms with Crippen LogP contribution in [-0.2, 0) is 14.3 Å². The standard InChI is InChI=1S/C16H21NO4/c1-3-21-8-4-5-15(18)17-14-10-12(2)9-13(11-14)6-7-16(19)20/h6-7,9-11H,3-5,8H2,1-2H3,(H,17,18)(H,19,20)/b7-6+. The number of ether oxygens (including phenoxy) is 1. The Kier molecular flexibility index (Phi) is 7.18. The van der Waals surface area contributed by atoms with Gasteiger partial charge in [0.15, 0.2) is 0 Å². The molecule has 114 valence electrons. The van der Waals surface area contributed by atoms with Crippen LogP contribution in [0.4, 0.5) is 5.69 Å². The van der Waals surface area contributed by atoms with Crippen LogP contribution in [0.1, 0.15) is 30.9 Å². The van der Waals surface area contributed by atoms with Gasteiger partial charge in [-0.1, -0.05) is 6.07 Å². The number of aliphatic carboxylic acids is 1. The summed E-state index contributed by atoms with van der Waals surface area (Å²) in [6.07, 6.45) is 3.65. The van der Waals surface area contributed by atoms with Gasteiger partial charge in [0.05, 0.1) is 0 Å². The lowest BCUT2D eigenvalue weighted by molar-refractivity contribution is -0.131. The lowest BCUT2D eigenvalue weighted by Crippen LogP contribution is -2.12. The molecule has 0 aliphatic rings. The first-order valence-electron chi connectivity index (χ1n) is 6.91. The summed E-state index contributed by atoms with van der Waals surface area (Å²) in [4.78, 5) is 22.3. The van der Waals surface area contributed by atoms with Crippen molar-refractivity contribution in [1.29, 1.82) is 0 Å². The molecule has 0 fully saturated rings. The van der Waals surface area contributed by atoms with Crippen LogP contribution in [0, 0.1) is 6.92 Å². The van der Waals surface area contributed by atoms with Crippen molar-refractivity contribution in [2.24, 2.45) is 0 Å². The summed E-state index contributed by atoms with van der Waals surface area (Å²) in [5, 5.41) is 11.4. The van der Waals surface area contributed by atoms with E-state index in [9.17, 15) is 9.59 Å². The number of carboxylic acid groups (broad SMARTS) is 1. The van der Waals surface area contributed by atoms with Crippen molar-refractivity contribution in [3.63, 3.8) is 0 Å². The van der Waals surface area contributed by atoms with Crippen LogP contribution in [0.5, 0.6) is 0 Å². The number of hydrogen-bond acceptors (Lipinski definition) is 3. The van der Waals surface area contributed by atoms with Crippen LogP contribution in [0.25, 0.3) is 6.08 Å². The predicted octanol–water partition coefficient (Wildman–Crippen LogP) is 2.85. The molecule has 0 saturated carbocycles. The predicted molar refractivity (Wildman–Crippen MR) is 82.2 cm³/mol. The zero-order valence-electron chi connectivity index (χ0n) is 12.4. The molecule has 0 unspecified atom stereocenters. The van der Waals surface area contributed by atoms with Gasteiger partial charge in [-0.3, -0.25) is 4.79 Å². The molecule has 0 radical (unpaired) electrons. The second-order valence-electron chi connectivity index (χ2n) is 4.65. The van der Waals surface area contributed by atoms with Crippen molar-refractivity contribution >= 4 is 23.6 Å². The summed E-state index contributed by atoms with van der Waals surface area (Å²) in [7, 11) is 0. The maximum absolute atomic E-state index is 11.8. The number of aryl methyl sites for hydroxylation is 1. The SMILES string of the molecule is CCOCCCC(=O)Nc1cc(C)cc(/C=C/C(=O)O)c1. The van der Waals surface area contributed by atoms with E-state index in [1.807, 2.05) is 26.0 Å². The van der Waals surface area contributed by atoms with Gasteiger partial charge in [0.1, 0.15) is 0 Å². The van der Waals surface area contributed by atoms with Crippen LogP contribution in [0.15, 0.2) is 24.3 Å². The summed E-state index contributed by atoms with van der Waals surface area (Å²) < 4.78 is 5.18. The highest BCUT2D eigenvalue weighted by Crippen LogP contribution is 2.16. The third-order valence-electron chi connectivity index (χ3n) is 2.70.